The van der Waals surface area contributed by atoms with E-state index < -0.39 is 0 Å². The Labute approximate surface area is 137 Å². The minimum absolute atomic E-state index is 0.0956. The fourth-order valence-electron chi connectivity index (χ4n) is 2.87. The maximum Gasteiger partial charge on any atom is 0.178 e. The Balaban J connectivity index is 1.92. The Hall–Kier alpha value is -2.13. The van der Waals surface area contributed by atoms with Gasteiger partial charge in [-0.25, -0.2) is 0 Å². The highest BCUT2D eigenvalue weighted by Gasteiger charge is 2.27. The number of nitrogens with one attached hydrogen (secondary N) is 1. The predicted octanol–water partition coefficient (Wildman–Crippen LogP) is 4.73. The van der Waals surface area contributed by atoms with Gasteiger partial charge in [0.25, 0.3) is 0 Å². The third-order valence-corrected chi connectivity index (χ3v) is 4.07. The van der Waals surface area contributed by atoms with Gasteiger partial charge in [0.05, 0.1) is 5.54 Å². The quantitative estimate of drug-likeness (QED) is 0.807. The second-order valence-electron chi connectivity index (χ2n) is 6.19. The molecule has 1 aliphatic heterocycles. The summed E-state index contributed by atoms with van der Waals surface area (Å²) in [5.74, 6) is 0. The molecule has 1 N–H and O–H groups in total. The summed E-state index contributed by atoms with van der Waals surface area (Å²) in [5.41, 5.74) is 4.58. The first-order chi connectivity index (χ1) is 10.5. The van der Waals surface area contributed by atoms with E-state index in [1.54, 1.807) is 0 Å². The number of anilines is 1. The molecule has 3 heteroatoms. The van der Waals surface area contributed by atoms with E-state index in [1.165, 1.54) is 11.1 Å². The molecule has 112 valence electrons. The zero-order valence-electron chi connectivity index (χ0n) is 13.1. The molecule has 1 aliphatic rings. The molecule has 0 bridgehead atoms. The number of allylic oxidation sites excluding steroid dienone is 1. The molecule has 0 fully saturated rings. The standard InChI is InChI=1S/C19H20N2S/c1-14-13-19(2,3)20-18(22)21(14)17-11-9-16(10-12-17)15-7-5-4-6-8-15/h4-13H,1-3H3,(H,20,22). The third kappa shape index (κ3) is 2.90. The highest BCUT2D eigenvalue weighted by Crippen LogP contribution is 2.28. The largest absolute Gasteiger partial charge is 0.354 e. The van der Waals surface area contributed by atoms with Crippen LogP contribution < -0.4 is 10.2 Å². The summed E-state index contributed by atoms with van der Waals surface area (Å²) in [4.78, 5) is 2.08. The Morgan fingerprint density at radius 2 is 1.50 bits per heavy atom. The topological polar surface area (TPSA) is 15.3 Å². The van der Waals surface area contributed by atoms with Crippen LogP contribution in [0.15, 0.2) is 66.4 Å². The first-order valence-corrected chi connectivity index (χ1v) is 7.84. The summed E-state index contributed by atoms with van der Waals surface area (Å²) in [6.07, 6.45) is 2.20. The Bertz CT molecular complexity index is 715. The van der Waals surface area contributed by atoms with Gasteiger partial charge in [-0.15, -0.1) is 0 Å². The maximum absolute atomic E-state index is 5.54. The van der Waals surface area contributed by atoms with E-state index >= 15 is 0 Å². The molecule has 0 radical (unpaired) electrons. The van der Waals surface area contributed by atoms with Crippen LogP contribution in [0.25, 0.3) is 11.1 Å². The molecular weight excluding hydrogens is 288 g/mol. The molecule has 0 spiro atoms. The zero-order chi connectivity index (χ0) is 15.7. The van der Waals surface area contributed by atoms with Crippen molar-refractivity contribution in [2.45, 2.75) is 26.3 Å². The Morgan fingerprint density at radius 1 is 0.909 bits per heavy atom. The lowest BCUT2D eigenvalue weighted by molar-refractivity contribution is 0.560. The molecule has 0 aromatic heterocycles. The minimum atomic E-state index is -0.0956. The van der Waals surface area contributed by atoms with E-state index in [-0.39, 0.29) is 5.54 Å². The van der Waals surface area contributed by atoms with Crippen LogP contribution in [0.1, 0.15) is 20.8 Å². The fraction of sp³-hybridized carbons (Fsp3) is 0.211. The van der Waals surface area contributed by atoms with Crippen LogP contribution in [0.5, 0.6) is 0 Å². The van der Waals surface area contributed by atoms with Crippen LogP contribution >= 0.6 is 12.2 Å². The van der Waals surface area contributed by atoms with Crippen LogP contribution in [0.3, 0.4) is 0 Å². The van der Waals surface area contributed by atoms with Crippen molar-refractivity contribution in [1.29, 1.82) is 0 Å². The first-order valence-electron chi connectivity index (χ1n) is 7.43. The fourth-order valence-corrected chi connectivity index (χ4v) is 3.38. The number of thiocarbonyl (C=S) groups is 1. The molecule has 2 aromatic rings. The molecule has 0 unspecified atom stereocenters. The SMILES string of the molecule is CC1=CC(C)(C)NC(=S)N1c1ccc(-c2ccccc2)cc1. The van der Waals surface area contributed by atoms with E-state index in [2.05, 4.69) is 85.6 Å². The van der Waals surface area contributed by atoms with Crippen LogP contribution in [0.2, 0.25) is 0 Å². The number of benzene rings is 2. The number of hydrogen-bond donors (Lipinski definition) is 1. The second kappa shape index (κ2) is 5.58. The van der Waals surface area contributed by atoms with Gasteiger partial charge >= 0.3 is 0 Å². The normalized spacial score (nSPS) is 17.0. The lowest BCUT2D eigenvalue weighted by atomic mass is 10.0. The molecule has 0 amide bonds. The first kappa shape index (κ1) is 14.8. The molecule has 3 rings (SSSR count). The molecular formula is C19H20N2S. The van der Waals surface area contributed by atoms with Crippen molar-refractivity contribution in [3.63, 3.8) is 0 Å². The average Bonchev–Trinajstić information content (AvgIpc) is 2.47. The number of hydrogen-bond acceptors (Lipinski definition) is 1. The van der Waals surface area contributed by atoms with Gasteiger partial charge in [0, 0.05) is 11.4 Å². The summed E-state index contributed by atoms with van der Waals surface area (Å²) in [7, 11) is 0. The van der Waals surface area contributed by atoms with Crippen LogP contribution in [0, 0.1) is 0 Å². The van der Waals surface area contributed by atoms with E-state index in [1.807, 2.05) is 6.07 Å². The second-order valence-corrected chi connectivity index (χ2v) is 6.57. The van der Waals surface area contributed by atoms with Gasteiger partial charge in [-0.3, -0.25) is 4.90 Å². The monoisotopic (exact) mass is 308 g/mol. The third-order valence-electron chi connectivity index (χ3n) is 3.79. The smallest absolute Gasteiger partial charge is 0.178 e. The zero-order valence-corrected chi connectivity index (χ0v) is 13.9. The molecule has 0 saturated heterocycles. The molecule has 0 aliphatic carbocycles. The lowest BCUT2D eigenvalue weighted by Crippen LogP contribution is -2.53. The molecule has 1 heterocycles. The van der Waals surface area contributed by atoms with Crippen LogP contribution in [-0.2, 0) is 0 Å². The van der Waals surface area contributed by atoms with Crippen molar-refractivity contribution in [1.82, 2.24) is 5.32 Å². The minimum Gasteiger partial charge on any atom is -0.354 e. The summed E-state index contributed by atoms with van der Waals surface area (Å²) in [6, 6.07) is 18.9. The lowest BCUT2D eigenvalue weighted by Gasteiger charge is -2.38. The van der Waals surface area contributed by atoms with Crippen molar-refractivity contribution in [3.05, 3.63) is 66.4 Å². The Morgan fingerprint density at radius 3 is 2.09 bits per heavy atom. The molecule has 2 nitrogen and oxygen atoms in total. The van der Waals surface area contributed by atoms with Crippen molar-refractivity contribution in [2.75, 3.05) is 4.90 Å². The van der Waals surface area contributed by atoms with E-state index in [4.69, 9.17) is 12.2 Å². The number of rotatable bonds is 2. The molecule has 2 aromatic carbocycles. The molecule has 0 saturated carbocycles. The average molecular weight is 308 g/mol. The van der Waals surface area contributed by atoms with Gasteiger partial charge in [0.1, 0.15) is 0 Å². The number of nitrogens with zero attached hydrogens (tertiary/aromatic N) is 1. The van der Waals surface area contributed by atoms with Crippen molar-refractivity contribution in [2.24, 2.45) is 0 Å². The summed E-state index contributed by atoms with van der Waals surface area (Å²) >= 11 is 5.54. The maximum atomic E-state index is 5.54. The molecule has 22 heavy (non-hydrogen) atoms. The predicted molar refractivity (Wildman–Crippen MR) is 97.9 cm³/mol. The summed E-state index contributed by atoms with van der Waals surface area (Å²) < 4.78 is 0. The van der Waals surface area contributed by atoms with E-state index in [0.29, 0.717) is 0 Å². The van der Waals surface area contributed by atoms with Gasteiger partial charge in [-0.05, 0) is 62.3 Å². The van der Waals surface area contributed by atoms with Gasteiger partial charge < -0.3 is 5.32 Å². The van der Waals surface area contributed by atoms with Crippen molar-refractivity contribution < 1.29 is 0 Å². The van der Waals surface area contributed by atoms with E-state index in [9.17, 15) is 0 Å². The van der Waals surface area contributed by atoms with E-state index in [0.717, 1.165) is 16.5 Å². The highest BCUT2D eigenvalue weighted by atomic mass is 32.1. The van der Waals surface area contributed by atoms with Gasteiger partial charge in [-0.1, -0.05) is 42.5 Å². The summed E-state index contributed by atoms with van der Waals surface area (Å²) in [6.45, 7) is 6.34. The molecule has 0 atom stereocenters. The van der Waals surface area contributed by atoms with Gasteiger partial charge in [0.2, 0.25) is 0 Å². The van der Waals surface area contributed by atoms with Crippen molar-refractivity contribution in [3.8, 4) is 11.1 Å². The van der Waals surface area contributed by atoms with Crippen LogP contribution in [0.4, 0.5) is 5.69 Å². The Kier molecular flexibility index (Phi) is 3.75. The summed E-state index contributed by atoms with van der Waals surface area (Å²) in [5, 5.41) is 4.11. The van der Waals surface area contributed by atoms with Gasteiger partial charge in [-0.2, -0.15) is 0 Å². The van der Waals surface area contributed by atoms with Crippen molar-refractivity contribution >= 4 is 23.0 Å². The van der Waals surface area contributed by atoms with Crippen LogP contribution in [-0.4, -0.2) is 10.7 Å². The highest BCUT2D eigenvalue weighted by molar-refractivity contribution is 7.80. The van der Waals surface area contributed by atoms with Gasteiger partial charge in [0.15, 0.2) is 5.11 Å².